The molecule has 0 aromatic heterocycles. The van der Waals surface area contributed by atoms with Crippen LogP contribution in [0, 0.1) is 18.3 Å². The predicted octanol–water partition coefficient (Wildman–Crippen LogP) is 9.44. The number of hydrogen-bond acceptors (Lipinski definition) is 8. The van der Waals surface area contributed by atoms with Crippen LogP contribution < -0.4 is 29.4 Å². The second-order valence-electron chi connectivity index (χ2n) is 10.2. The lowest BCUT2D eigenvalue weighted by atomic mass is 9.83. The van der Waals surface area contributed by atoms with Crippen LogP contribution in [0.2, 0.25) is 25.1 Å². The van der Waals surface area contributed by atoms with Crippen LogP contribution in [-0.2, 0) is 11.4 Å². The zero-order valence-electron chi connectivity index (χ0n) is 24.8. The molecule has 0 fully saturated rings. The highest BCUT2D eigenvalue weighted by atomic mass is 35.5. The van der Waals surface area contributed by atoms with E-state index in [4.69, 9.17) is 87.4 Å². The molecule has 0 radical (unpaired) electrons. The minimum Gasteiger partial charge on any atom is -0.490 e. The molecule has 47 heavy (non-hydrogen) atoms. The van der Waals surface area contributed by atoms with E-state index in [0.29, 0.717) is 35.8 Å². The first-order valence-corrected chi connectivity index (χ1v) is 15.9. The quantitative estimate of drug-likeness (QED) is 0.0742. The molecule has 0 saturated carbocycles. The molecule has 1 atom stereocenters. The summed E-state index contributed by atoms with van der Waals surface area (Å²) < 4.78 is 28.7. The minimum atomic E-state index is -0.796. The van der Waals surface area contributed by atoms with Gasteiger partial charge in [-0.25, -0.2) is 4.79 Å². The molecule has 242 valence electrons. The van der Waals surface area contributed by atoms with Gasteiger partial charge >= 0.3 is 5.97 Å². The molecule has 4 aromatic rings. The molecule has 0 amide bonds. The topological polar surface area (TPSA) is 113 Å². The van der Waals surface area contributed by atoms with Crippen LogP contribution in [0.25, 0.3) is 0 Å². The monoisotopic (exact) mass is 732 g/mol. The van der Waals surface area contributed by atoms with Gasteiger partial charge < -0.3 is 29.4 Å². The van der Waals surface area contributed by atoms with Crippen LogP contribution >= 0.6 is 58.0 Å². The third kappa shape index (κ3) is 7.46. The van der Waals surface area contributed by atoms with Gasteiger partial charge in [-0.05, 0) is 43.2 Å². The summed E-state index contributed by atoms with van der Waals surface area (Å²) in [4.78, 5) is 12.7. The third-order valence-electron chi connectivity index (χ3n) is 7.04. The summed E-state index contributed by atoms with van der Waals surface area (Å²) in [5.41, 5.74) is 9.91. The zero-order valence-corrected chi connectivity index (χ0v) is 28.6. The van der Waals surface area contributed by atoms with Crippen molar-refractivity contribution in [2.45, 2.75) is 26.4 Å². The van der Waals surface area contributed by atoms with Crippen molar-refractivity contribution in [1.82, 2.24) is 0 Å². The maximum absolute atomic E-state index is 12.7. The normalized spacial score (nSPS) is 13.7. The highest BCUT2D eigenvalue weighted by Crippen LogP contribution is 2.48. The fourth-order valence-electron chi connectivity index (χ4n) is 4.78. The molecule has 1 heterocycles. The molecule has 1 aliphatic rings. The van der Waals surface area contributed by atoms with E-state index >= 15 is 0 Å². The molecule has 0 bridgehead atoms. The number of carbonyl (C=O) groups excluding carboxylic acids is 1. The molecule has 0 saturated heterocycles. The van der Waals surface area contributed by atoms with E-state index in [-0.39, 0.29) is 53.8 Å². The van der Waals surface area contributed by atoms with Crippen LogP contribution in [-0.4, -0.2) is 19.2 Å². The van der Waals surface area contributed by atoms with Crippen molar-refractivity contribution in [2.24, 2.45) is 5.73 Å². The van der Waals surface area contributed by atoms with Gasteiger partial charge in [-0.15, -0.1) is 0 Å². The first-order valence-electron chi connectivity index (χ1n) is 14.0. The van der Waals surface area contributed by atoms with Crippen molar-refractivity contribution in [3.8, 4) is 34.8 Å². The van der Waals surface area contributed by atoms with Crippen LogP contribution in [0.5, 0.6) is 28.7 Å². The highest BCUT2D eigenvalue weighted by Gasteiger charge is 2.32. The van der Waals surface area contributed by atoms with Gasteiger partial charge in [0.1, 0.15) is 39.8 Å². The maximum Gasteiger partial charge on any atom is 0.349 e. The molecule has 2 N–H and O–H groups in total. The molecular formula is C34H25Cl5N2O6. The number of allylic oxidation sites excluding steroid dienone is 1. The van der Waals surface area contributed by atoms with Crippen LogP contribution in [0.15, 0.2) is 72.1 Å². The van der Waals surface area contributed by atoms with Crippen molar-refractivity contribution >= 4 is 64.0 Å². The number of nitrogens with zero attached hydrogens (tertiary/aromatic N) is 1. The number of nitrogens with two attached hydrogens (primary N) is 1. The van der Waals surface area contributed by atoms with E-state index in [9.17, 15) is 10.1 Å². The Hall–Kier alpha value is -3.97. The number of nitriles is 1. The van der Waals surface area contributed by atoms with Gasteiger partial charge in [0.2, 0.25) is 5.88 Å². The number of hydrogen-bond donors (Lipinski definition) is 1. The Balaban J connectivity index is 1.37. The second kappa shape index (κ2) is 14.8. The fraction of sp³-hybridized carbons (Fsp3) is 0.176. The van der Waals surface area contributed by atoms with E-state index < -0.39 is 18.5 Å². The van der Waals surface area contributed by atoms with Crippen molar-refractivity contribution in [2.75, 3.05) is 13.2 Å². The fourth-order valence-corrected chi connectivity index (χ4v) is 6.01. The maximum atomic E-state index is 12.7. The highest BCUT2D eigenvalue weighted by molar-refractivity contribution is 6.55. The summed E-state index contributed by atoms with van der Waals surface area (Å²) in [6, 6.07) is 20.4. The number of aryl methyl sites for hydroxylation is 1. The Labute approximate surface area is 296 Å². The Morgan fingerprint density at radius 1 is 0.872 bits per heavy atom. The molecular weight excluding hydrogens is 710 g/mol. The first kappa shape index (κ1) is 34.4. The molecule has 0 aliphatic carbocycles. The number of fused-ring (bicyclic) bond motifs is 1. The third-order valence-corrected chi connectivity index (χ3v) is 9.28. The lowest BCUT2D eigenvalue weighted by molar-refractivity contribution is -0.136. The van der Waals surface area contributed by atoms with Gasteiger partial charge in [0, 0.05) is 11.6 Å². The molecule has 1 unspecified atom stereocenters. The lowest BCUT2D eigenvalue weighted by Crippen LogP contribution is -2.22. The van der Waals surface area contributed by atoms with Gasteiger partial charge in [0.15, 0.2) is 23.9 Å². The van der Waals surface area contributed by atoms with Gasteiger partial charge in [-0.2, -0.15) is 5.26 Å². The standard InChI is InChI=1S/C34H25Cl5N2O6/c1-3-43-25-12-19(8-11-23(25)44-15-18-6-4-17(2)5-7-18)27-21-10-9-20(13-24(21)47-34(41)22(27)14-40)46-26(42)16-45-33-31(38)29(36)28(35)30(37)32(33)39/h4-13,27H,3,15-16,41H2,1-2H3. The summed E-state index contributed by atoms with van der Waals surface area (Å²) in [5.74, 6) is -0.136. The van der Waals surface area contributed by atoms with E-state index in [1.54, 1.807) is 18.2 Å². The summed E-state index contributed by atoms with van der Waals surface area (Å²) in [7, 11) is 0. The lowest BCUT2D eigenvalue weighted by Gasteiger charge is -2.27. The largest absolute Gasteiger partial charge is 0.490 e. The Morgan fingerprint density at radius 2 is 1.55 bits per heavy atom. The van der Waals surface area contributed by atoms with Gasteiger partial charge in [0.25, 0.3) is 0 Å². The number of carbonyl (C=O) groups is 1. The molecule has 8 nitrogen and oxygen atoms in total. The average molecular weight is 735 g/mol. The number of benzene rings is 4. The van der Waals surface area contributed by atoms with E-state index in [2.05, 4.69) is 6.07 Å². The Kier molecular flexibility index (Phi) is 10.9. The SMILES string of the molecule is CCOc1cc(C2C(C#N)=C(N)Oc3cc(OC(=O)COc4c(Cl)c(Cl)c(Cl)c(Cl)c4Cl)ccc32)ccc1OCc1ccc(C)cc1. The van der Waals surface area contributed by atoms with Gasteiger partial charge in [0.05, 0.1) is 27.6 Å². The molecule has 0 spiro atoms. The Morgan fingerprint density at radius 3 is 2.21 bits per heavy atom. The van der Waals surface area contributed by atoms with Crippen LogP contribution in [0.3, 0.4) is 0 Å². The van der Waals surface area contributed by atoms with Crippen molar-refractivity contribution in [3.05, 3.63) is 119 Å². The summed E-state index contributed by atoms with van der Waals surface area (Å²) in [6.45, 7) is 4.05. The van der Waals surface area contributed by atoms with Crippen LogP contribution in [0.4, 0.5) is 0 Å². The number of esters is 1. The van der Waals surface area contributed by atoms with E-state index in [1.165, 1.54) is 6.07 Å². The molecule has 13 heteroatoms. The number of ether oxygens (including phenoxy) is 5. The van der Waals surface area contributed by atoms with Crippen LogP contribution in [0.1, 0.15) is 35.1 Å². The van der Waals surface area contributed by atoms with Gasteiger partial charge in [-0.3, -0.25) is 0 Å². The zero-order chi connectivity index (χ0) is 33.8. The van der Waals surface area contributed by atoms with Crippen molar-refractivity contribution < 1.29 is 28.5 Å². The first-order chi connectivity index (χ1) is 22.5. The summed E-state index contributed by atoms with van der Waals surface area (Å²) >= 11 is 30.5. The van der Waals surface area contributed by atoms with E-state index in [0.717, 1.165) is 11.1 Å². The smallest absolute Gasteiger partial charge is 0.349 e. The number of halogens is 5. The molecule has 1 aliphatic heterocycles. The summed E-state index contributed by atoms with van der Waals surface area (Å²) in [5, 5.41) is 9.62. The van der Waals surface area contributed by atoms with E-state index in [1.807, 2.05) is 50.2 Å². The number of rotatable bonds is 10. The van der Waals surface area contributed by atoms with Gasteiger partial charge in [-0.1, -0.05) is 100.0 Å². The van der Waals surface area contributed by atoms with Crippen molar-refractivity contribution in [1.29, 1.82) is 5.26 Å². The molecule has 5 rings (SSSR count). The average Bonchev–Trinajstić information content (AvgIpc) is 3.06. The minimum absolute atomic E-state index is 0.0463. The predicted molar refractivity (Wildman–Crippen MR) is 181 cm³/mol. The molecule has 4 aromatic carbocycles. The Bertz CT molecular complexity index is 1900. The second-order valence-corrected chi connectivity index (χ2v) is 12.1. The summed E-state index contributed by atoms with van der Waals surface area (Å²) in [6.07, 6.45) is 0. The van der Waals surface area contributed by atoms with Crippen molar-refractivity contribution in [3.63, 3.8) is 0 Å².